The van der Waals surface area contributed by atoms with Crippen molar-refractivity contribution in [3.05, 3.63) is 42.0 Å². The van der Waals surface area contributed by atoms with Crippen LogP contribution < -0.4 is 10.1 Å². The van der Waals surface area contributed by atoms with E-state index in [9.17, 15) is 9.59 Å². The van der Waals surface area contributed by atoms with Crippen molar-refractivity contribution in [1.82, 2.24) is 5.32 Å². The van der Waals surface area contributed by atoms with Crippen molar-refractivity contribution < 1.29 is 19.1 Å². The molecule has 6 nitrogen and oxygen atoms in total. The zero-order valence-corrected chi connectivity index (χ0v) is 15.4. The predicted octanol–water partition coefficient (Wildman–Crippen LogP) is 2.59. The number of hydrogen-bond donors (Lipinski definition) is 1. The van der Waals surface area contributed by atoms with E-state index in [-0.39, 0.29) is 6.04 Å². The third kappa shape index (κ3) is 2.80. The Labute approximate surface area is 156 Å². The highest BCUT2D eigenvalue weighted by atomic mass is 32.2. The minimum Gasteiger partial charge on any atom is -0.496 e. The van der Waals surface area contributed by atoms with Gasteiger partial charge in [-0.2, -0.15) is 4.99 Å². The molecule has 1 saturated carbocycles. The van der Waals surface area contributed by atoms with E-state index in [1.54, 1.807) is 24.3 Å². The zero-order valence-electron chi connectivity index (χ0n) is 14.6. The van der Waals surface area contributed by atoms with Gasteiger partial charge in [0.15, 0.2) is 5.17 Å². The van der Waals surface area contributed by atoms with E-state index >= 15 is 0 Å². The first-order valence-electron chi connectivity index (χ1n) is 8.62. The van der Waals surface area contributed by atoms with Crippen molar-refractivity contribution >= 4 is 28.8 Å². The Bertz CT molecular complexity index is 822. The van der Waals surface area contributed by atoms with Crippen LogP contribution in [-0.4, -0.2) is 30.2 Å². The molecule has 4 rings (SSSR count). The third-order valence-corrected chi connectivity index (χ3v) is 6.23. The molecule has 2 aliphatic carbocycles. The molecular formula is C19H20N2O4S. The number of fused-ring (bicyclic) bond motifs is 2. The summed E-state index contributed by atoms with van der Waals surface area (Å²) < 4.78 is 10.9. The van der Waals surface area contributed by atoms with Crippen LogP contribution in [0.5, 0.6) is 5.75 Å². The summed E-state index contributed by atoms with van der Waals surface area (Å²) >= 11 is 1.13. The summed E-state index contributed by atoms with van der Waals surface area (Å²) in [5, 5.41) is 3.88. The lowest BCUT2D eigenvalue weighted by atomic mass is 10.0. The molecule has 1 heterocycles. The summed E-state index contributed by atoms with van der Waals surface area (Å²) in [6.45, 7) is 1.29. The number of carbonyl (C=O) groups is 2. The van der Waals surface area contributed by atoms with Crippen molar-refractivity contribution in [2.24, 2.45) is 16.8 Å². The number of nitrogens with zero attached hydrogens (tertiary/aromatic N) is 1. The number of rotatable bonds is 4. The summed E-state index contributed by atoms with van der Waals surface area (Å²) in [5.74, 6) is 0.495. The summed E-state index contributed by atoms with van der Waals surface area (Å²) in [5.41, 5.74) is 0.487. The maximum Gasteiger partial charge on any atom is 0.308 e. The van der Waals surface area contributed by atoms with Gasteiger partial charge < -0.3 is 14.8 Å². The minimum atomic E-state index is -1.55. The molecular weight excluding hydrogens is 352 g/mol. The largest absolute Gasteiger partial charge is 0.496 e. The molecule has 1 aliphatic heterocycles. The van der Waals surface area contributed by atoms with Gasteiger partial charge in [-0.15, -0.1) is 0 Å². The molecule has 136 valence electrons. The van der Waals surface area contributed by atoms with Gasteiger partial charge in [0.2, 0.25) is 0 Å². The van der Waals surface area contributed by atoms with E-state index in [0.717, 1.165) is 24.6 Å². The Morgan fingerprint density at radius 1 is 1.31 bits per heavy atom. The van der Waals surface area contributed by atoms with Crippen LogP contribution in [0.3, 0.4) is 0 Å². The second kappa shape index (κ2) is 6.46. The number of benzene rings is 1. The maximum absolute atomic E-state index is 12.8. The second-order valence-corrected chi connectivity index (χ2v) is 7.93. The van der Waals surface area contributed by atoms with Crippen molar-refractivity contribution in [2.75, 3.05) is 7.11 Å². The third-order valence-electron chi connectivity index (χ3n) is 5.06. The van der Waals surface area contributed by atoms with Crippen LogP contribution in [0.15, 0.2) is 41.4 Å². The van der Waals surface area contributed by atoms with Gasteiger partial charge in [0.1, 0.15) is 5.75 Å². The molecule has 1 fully saturated rings. The van der Waals surface area contributed by atoms with E-state index in [2.05, 4.69) is 22.5 Å². The fraction of sp³-hybridized carbons (Fsp3) is 0.421. The van der Waals surface area contributed by atoms with Gasteiger partial charge in [-0.3, -0.25) is 9.59 Å². The number of nitrogens with one attached hydrogen (secondary N) is 1. The Kier molecular flexibility index (Phi) is 4.26. The van der Waals surface area contributed by atoms with Gasteiger partial charge in [0.05, 0.1) is 12.7 Å². The average molecular weight is 372 g/mol. The lowest BCUT2D eigenvalue weighted by molar-refractivity contribution is -0.156. The number of hydrogen-bond acceptors (Lipinski definition) is 6. The molecule has 7 heteroatoms. The molecule has 26 heavy (non-hydrogen) atoms. The lowest BCUT2D eigenvalue weighted by Crippen LogP contribution is -2.37. The Hall–Kier alpha value is -2.28. The molecule has 1 aromatic rings. The molecule has 4 unspecified atom stereocenters. The van der Waals surface area contributed by atoms with Crippen LogP contribution in [0.25, 0.3) is 0 Å². The monoisotopic (exact) mass is 372 g/mol. The fourth-order valence-electron chi connectivity index (χ4n) is 3.94. The number of amidine groups is 1. The van der Waals surface area contributed by atoms with Crippen LogP contribution in [0, 0.1) is 11.8 Å². The number of aliphatic imine (C=N–C) groups is 1. The normalized spacial score (nSPS) is 31.8. The molecule has 1 aromatic carbocycles. The standard InChI is InChI=1S/C19H20N2O4S/c1-11(22)25-19(14-5-3-4-6-16(14)24-2)17(23)21-18(26-19)20-15-10-12-7-8-13(15)9-12/h3-8,12-13,15H,9-10H2,1-2H3,(H,20,21,23). The average Bonchev–Trinajstić information content (AvgIpc) is 3.30. The highest BCUT2D eigenvalue weighted by molar-refractivity contribution is 8.15. The number of methoxy groups -OCH3 is 1. The molecule has 2 bridgehead atoms. The SMILES string of the molecule is COc1ccccc1C1(OC(C)=O)SC(NC2CC3C=CC2C3)=NC1=O. The van der Waals surface area contributed by atoms with Crippen molar-refractivity contribution in [3.8, 4) is 5.75 Å². The molecule has 0 saturated heterocycles. The number of para-hydroxylation sites is 1. The maximum atomic E-state index is 12.8. The summed E-state index contributed by atoms with van der Waals surface area (Å²) in [4.78, 5) is 27.2. The highest BCUT2D eigenvalue weighted by Crippen LogP contribution is 2.48. The molecule has 0 spiro atoms. The quantitative estimate of drug-likeness (QED) is 0.647. The van der Waals surface area contributed by atoms with Crippen LogP contribution in [0.2, 0.25) is 0 Å². The van der Waals surface area contributed by atoms with Crippen molar-refractivity contribution in [1.29, 1.82) is 0 Å². The van der Waals surface area contributed by atoms with E-state index < -0.39 is 16.8 Å². The van der Waals surface area contributed by atoms with Crippen LogP contribution in [-0.2, 0) is 19.3 Å². The lowest BCUT2D eigenvalue weighted by Gasteiger charge is -2.27. The molecule has 3 aliphatic rings. The molecule has 1 amide bonds. The molecule has 0 aromatic heterocycles. The van der Waals surface area contributed by atoms with Gasteiger partial charge >= 0.3 is 11.9 Å². The van der Waals surface area contributed by atoms with Gasteiger partial charge in [-0.25, -0.2) is 0 Å². The van der Waals surface area contributed by atoms with Crippen molar-refractivity contribution in [2.45, 2.75) is 30.7 Å². The van der Waals surface area contributed by atoms with Crippen LogP contribution >= 0.6 is 11.8 Å². The molecule has 1 N–H and O–H groups in total. The predicted molar refractivity (Wildman–Crippen MR) is 98.7 cm³/mol. The first kappa shape index (κ1) is 17.1. The summed E-state index contributed by atoms with van der Waals surface area (Å²) in [6, 6.07) is 7.31. The summed E-state index contributed by atoms with van der Waals surface area (Å²) in [7, 11) is 1.52. The van der Waals surface area contributed by atoms with Gasteiger partial charge in [-0.1, -0.05) is 24.3 Å². The van der Waals surface area contributed by atoms with E-state index in [0.29, 0.717) is 28.3 Å². The number of carbonyl (C=O) groups excluding carboxylic acids is 2. The van der Waals surface area contributed by atoms with Crippen LogP contribution in [0.1, 0.15) is 25.3 Å². The number of esters is 1. The topological polar surface area (TPSA) is 77.0 Å². The van der Waals surface area contributed by atoms with Gasteiger partial charge in [0.25, 0.3) is 4.93 Å². The fourth-order valence-corrected chi connectivity index (χ4v) is 5.13. The van der Waals surface area contributed by atoms with Crippen LogP contribution in [0.4, 0.5) is 0 Å². The Morgan fingerprint density at radius 3 is 2.77 bits per heavy atom. The van der Waals surface area contributed by atoms with E-state index in [1.165, 1.54) is 14.0 Å². The number of ether oxygens (including phenoxy) is 2. The minimum absolute atomic E-state index is 0.259. The number of amides is 1. The molecule has 0 radical (unpaired) electrons. The first-order valence-corrected chi connectivity index (χ1v) is 9.43. The van der Waals surface area contributed by atoms with E-state index in [4.69, 9.17) is 9.47 Å². The van der Waals surface area contributed by atoms with Gasteiger partial charge in [0, 0.05) is 13.0 Å². The number of thioether (sulfide) groups is 1. The zero-order chi connectivity index (χ0) is 18.3. The Balaban J connectivity index is 1.63. The summed E-state index contributed by atoms with van der Waals surface area (Å²) in [6.07, 6.45) is 6.66. The Morgan fingerprint density at radius 2 is 2.12 bits per heavy atom. The second-order valence-electron chi connectivity index (χ2n) is 6.77. The highest BCUT2D eigenvalue weighted by Gasteiger charge is 2.53. The van der Waals surface area contributed by atoms with Crippen molar-refractivity contribution in [3.63, 3.8) is 0 Å². The van der Waals surface area contributed by atoms with E-state index in [1.807, 2.05) is 0 Å². The smallest absolute Gasteiger partial charge is 0.308 e. The number of allylic oxidation sites excluding steroid dienone is 1. The van der Waals surface area contributed by atoms with Gasteiger partial charge in [-0.05, 0) is 48.6 Å². The first-order chi connectivity index (χ1) is 12.5. The molecule has 4 atom stereocenters.